The fourth-order valence-electron chi connectivity index (χ4n) is 1.25. The standard InChI is InChI=1S/C11H12Cl2N2O2/c1-2-14-11(17)8-5-7(13)3-4-9(8)15-10(16)6-12/h3-5H,2,6H2,1H3,(H,14,17)(H,15,16). The lowest BCUT2D eigenvalue weighted by Crippen LogP contribution is -2.25. The van der Waals surface area contributed by atoms with E-state index in [1.54, 1.807) is 19.1 Å². The lowest BCUT2D eigenvalue weighted by atomic mass is 10.1. The molecule has 0 radical (unpaired) electrons. The zero-order chi connectivity index (χ0) is 12.8. The zero-order valence-corrected chi connectivity index (χ0v) is 10.7. The van der Waals surface area contributed by atoms with Gasteiger partial charge in [-0.25, -0.2) is 0 Å². The molecule has 17 heavy (non-hydrogen) atoms. The molecular weight excluding hydrogens is 263 g/mol. The number of alkyl halides is 1. The van der Waals surface area contributed by atoms with Crippen LogP contribution in [-0.2, 0) is 4.79 Å². The van der Waals surface area contributed by atoms with Gasteiger partial charge in [-0.2, -0.15) is 0 Å². The molecule has 0 aromatic heterocycles. The van der Waals surface area contributed by atoms with Gasteiger partial charge in [0.25, 0.3) is 5.91 Å². The van der Waals surface area contributed by atoms with Gasteiger partial charge in [-0.3, -0.25) is 9.59 Å². The van der Waals surface area contributed by atoms with Crippen LogP contribution in [0.2, 0.25) is 5.02 Å². The fraction of sp³-hybridized carbons (Fsp3) is 0.273. The minimum absolute atomic E-state index is 0.169. The van der Waals surface area contributed by atoms with Gasteiger partial charge in [-0.05, 0) is 25.1 Å². The van der Waals surface area contributed by atoms with Crippen molar-refractivity contribution < 1.29 is 9.59 Å². The summed E-state index contributed by atoms with van der Waals surface area (Å²) in [6.45, 7) is 2.30. The van der Waals surface area contributed by atoms with Crippen molar-refractivity contribution in [1.29, 1.82) is 0 Å². The van der Waals surface area contributed by atoms with E-state index in [9.17, 15) is 9.59 Å². The number of hydrogen-bond acceptors (Lipinski definition) is 2. The molecule has 0 saturated heterocycles. The van der Waals surface area contributed by atoms with E-state index in [0.29, 0.717) is 22.8 Å². The molecule has 0 aliphatic heterocycles. The first-order valence-corrected chi connectivity index (χ1v) is 5.93. The van der Waals surface area contributed by atoms with Gasteiger partial charge in [-0.1, -0.05) is 11.6 Å². The smallest absolute Gasteiger partial charge is 0.253 e. The molecule has 2 N–H and O–H groups in total. The molecule has 92 valence electrons. The Morgan fingerprint density at radius 2 is 2.06 bits per heavy atom. The number of carbonyl (C=O) groups is 2. The monoisotopic (exact) mass is 274 g/mol. The van der Waals surface area contributed by atoms with Crippen LogP contribution in [0.25, 0.3) is 0 Å². The van der Waals surface area contributed by atoms with Gasteiger partial charge in [0.05, 0.1) is 11.3 Å². The van der Waals surface area contributed by atoms with Crippen molar-refractivity contribution in [2.45, 2.75) is 6.92 Å². The molecule has 0 aliphatic carbocycles. The fourth-order valence-corrected chi connectivity index (χ4v) is 1.49. The van der Waals surface area contributed by atoms with Gasteiger partial charge in [0.1, 0.15) is 5.88 Å². The largest absolute Gasteiger partial charge is 0.352 e. The van der Waals surface area contributed by atoms with Gasteiger partial charge < -0.3 is 10.6 Å². The quantitative estimate of drug-likeness (QED) is 0.828. The van der Waals surface area contributed by atoms with Crippen LogP contribution < -0.4 is 10.6 Å². The van der Waals surface area contributed by atoms with E-state index in [0.717, 1.165) is 0 Å². The minimum Gasteiger partial charge on any atom is -0.352 e. The highest BCUT2D eigenvalue weighted by Gasteiger charge is 2.13. The van der Waals surface area contributed by atoms with E-state index >= 15 is 0 Å². The first kappa shape index (κ1) is 13.8. The van der Waals surface area contributed by atoms with Gasteiger partial charge in [0.15, 0.2) is 0 Å². The Labute approximate surface area is 109 Å². The Bertz CT molecular complexity index is 435. The predicted molar refractivity (Wildman–Crippen MR) is 68.8 cm³/mol. The first-order valence-electron chi connectivity index (χ1n) is 5.02. The Balaban J connectivity index is 3.03. The summed E-state index contributed by atoms with van der Waals surface area (Å²) in [5.41, 5.74) is 0.712. The molecule has 0 unspecified atom stereocenters. The third-order valence-electron chi connectivity index (χ3n) is 1.96. The highest BCUT2D eigenvalue weighted by atomic mass is 35.5. The third kappa shape index (κ3) is 3.91. The van der Waals surface area contributed by atoms with Crippen molar-refractivity contribution in [3.63, 3.8) is 0 Å². The number of anilines is 1. The molecule has 4 nitrogen and oxygen atoms in total. The highest BCUT2D eigenvalue weighted by Crippen LogP contribution is 2.20. The lowest BCUT2D eigenvalue weighted by Gasteiger charge is -2.10. The SMILES string of the molecule is CCNC(=O)c1cc(Cl)ccc1NC(=O)CCl. The van der Waals surface area contributed by atoms with Crippen molar-refractivity contribution in [2.75, 3.05) is 17.7 Å². The maximum absolute atomic E-state index is 11.7. The molecule has 0 bridgehead atoms. The molecule has 0 heterocycles. The molecule has 0 spiro atoms. The Morgan fingerprint density at radius 1 is 1.35 bits per heavy atom. The van der Waals surface area contributed by atoms with E-state index in [-0.39, 0.29) is 17.7 Å². The zero-order valence-electron chi connectivity index (χ0n) is 9.22. The average molecular weight is 275 g/mol. The van der Waals surface area contributed by atoms with Crippen molar-refractivity contribution in [2.24, 2.45) is 0 Å². The van der Waals surface area contributed by atoms with Crippen LogP contribution in [0.3, 0.4) is 0 Å². The van der Waals surface area contributed by atoms with E-state index in [1.807, 2.05) is 0 Å². The van der Waals surface area contributed by atoms with Crippen LogP contribution in [0, 0.1) is 0 Å². The van der Waals surface area contributed by atoms with Gasteiger partial charge >= 0.3 is 0 Å². The molecule has 6 heteroatoms. The maximum Gasteiger partial charge on any atom is 0.253 e. The second kappa shape index (κ2) is 6.47. The number of amides is 2. The minimum atomic E-state index is -0.375. The van der Waals surface area contributed by atoms with Crippen molar-refractivity contribution in [1.82, 2.24) is 5.32 Å². The predicted octanol–water partition coefficient (Wildman–Crippen LogP) is 2.27. The van der Waals surface area contributed by atoms with E-state index in [1.165, 1.54) is 6.07 Å². The number of hydrogen-bond donors (Lipinski definition) is 2. The van der Waals surface area contributed by atoms with E-state index in [2.05, 4.69) is 10.6 Å². The number of carbonyl (C=O) groups excluding carboxylic acids is 2. The molecule has 0 aliphatic rings. The highest BCUT2D eigenvalue weighted by molar-refractivity contribution is 6.31. The van der Waals surface area contributed by atoms with Crippen molar-refractivity contribution in [3.8, 4) is 0 Å². The Hall–Kier alpha value is -1.26. The summed E-state index contributed by atoms with van der Waals surface area (Å²) in [7, 11) is 0. The van der Waals surface area contributed by atoms with E-state index < -0.39 is 0 Å². The van der Waals surface area contributed by atoms with Crippen molar-refractivity contribution in [3.05, 3.63) is 28.8 Å². The summed E-state index contributed by atoms with van der Waals surface area (Å²) >= 11 is 11.2. The molecular formula is C11H12Cl2N2O2. The number of rotatable bonds is 4. The summed E-state index contributed by atoms with van der Waals surface area (Å²) in [5.74, 6) is -0.836. The number of halogens is 2. The summed E-state index contributed by atoms with van der Waals surface area (Å²) in [6.07, 6.45) is 0. The van der Waals surface area contributed by atoms with Gasteiger partial charge in [0.2, 0.25) is 5.91 Å². The summed E-state index contributed by atoms with van der Waals surface area (Å²) in [5, 5.41) is 5.60. The molecule has 1 aromatic carbocycles. The second-order valence-electron chi connectivity index (χ2n) is 3.23. The van der Waals surface area contributed by atoms with Crippen LogP contribution in [0.4, 0.5) is 5.69 Å². The first-order chi connectivity index (χ1) is 8.08. The Kier molecular flexibility index (Phi) is 5.25. The molecule has 1 rings (SSSR count). The Morgan fingerprint density at radius 3 is 2.65 bits per heavy atom. The molecule has 0 fully saturated rings. The molecule has 0 atom stereocenters. The van der Waals surface area contributed by atoms with Gasteiger partial charge in [-0.15, -0.1) is 11.6 Å². The second-order valence-corrected chi connectivity index (χ2v) is 3.93. The number of nitrogens with one attached hydrogen (secondary N) is 2. The maximum atomic E-state index is 11.7. The van der Waals surface area contributed by atoms with Crippen molar-refractivity contribution >= 4 is 40.7 Å². The van der Waals surface area contributed by atoms with Gasteiger partial charge in [0, 0.05) is 11.6 Å². The molecule has 0 saturated carbocycles. The average Bonchev–Trinajstić information content (AvgIpc) is 2.31. The number of benzene rings is 1. The third-order valence-corrected chi connectivity index (χ3v) is 2.44. The molecule has 2 amide bonds. The normalized spacial score (nSPS) is 9.82. The van der Waals surface area contributed by atoms with E-state index in [4.69, 9.17) is 23.2 Å². The summed E-state index contributed by atoms with van der Waals surface area (Å²) < 4.78 is 0. The lowest BCUT2D eigenvalue weighted by molar-refractivity contribution is -0.113. The van der Waals surface area contributed by atoms with Crippen LogP contribution in [0.15, 0.2) is 18.2 Å². The topological polar surface area (TPSA) is 58.2 Å². The van der Waals surface area contributed by atoms with Crippen LogP contribution in [0.1, 0.15) is 17.3 Å². The summed E-state index contributed by atoms with van der Waals surface area (Å²) in [4.78, 5) is 22.9. The van der Waals surface area contributed by atoms with Crippen LogP contribution in [-0.4, -0.2) is 24.2 Å². The summed E-state index contributed by atoms with van der Waals surface area (Å²) in [6, 6.07) is 4.65. The van der Waals surface area contributed by atoms with Crippen LogP contribution >= 0.6 is 23.2 Å². The van der Waals surface area contributed by atoms with Crippen LogP contribution in [0.5, 0.6) is 0 Å². The molecule has 1 aromatic rings.